The molecule has 2 atom stereocenters. The maximum Gasteiger partial charge on any atom is 0.238 e. The molecule has 110 valence electrons. The smallest absolute Gasteiger partial charge is 0.238 e. The van der Waals surface area contributed by atoms with Crippen LogP contribution < -0.4 is 9.64 Å². The molecule has 1 fully saturated rings. The normalized spacial score (nSPS) is 24.9. The lowest BCUT2D eigenvalue weighted by atomic mass is 9.82. The number of imide groups is 1. The van der Waals surface area contributed by atoms with Gasteiger partial charge in [-0.25, -0.2) is 0 Å². The van der Waals surface area contributed by atoms with Crippen LogP contribution in [0.3, 0.4) is 0 Å². The van der Waals surface area contributed by atoms with Crippen molar-refractivity contribution in [2.24, 2.45) is 11.8 Å². The first-order chi connectivity index (χ1) is 10.1. The summed E-state index contributed by atoms with van der Waals surface area (Å²) in [4.78, 5) is 26.4. The van der Waals surface area contributed by atoms with E-state index in [0.29, 0.717) is 25.1 Å². The third-order valence-corrected chi connectivity index (χ3v) is 4.23. The summed E-state index contributed by atoms with van der Waals surface area (Å²) in [6.07, 6.45) is 3.45. The molecule has 1 aliphatic heterocycles. The molecule has 3 rings (SSSR count). The molecule has 1 saturated heterocycles. The zero-order valence-corrected chi connectivity index (χ0v) is 12.3. The van der Waals surface area contributed by atoms with Crippen LogP contribution in [0.15, 0.2) is 35.9 Å². The first kappa shape index (κ1) is 13.9. The highest BCUT2D eigenvalue weighted by Gasteiger charge is 2.48. The number of hydrogen-bond donors (Lipinski definition) is 0. The van der Waals surface area contributed by atoms with E-state index in [9.17, 15) is 9.59 Å². The van der Waals surface area contributed by atoms with Crippen molar-refractivity contribution in [2.75, 3.05) is 11.5 Å². The van der Waals surface area contributed by atoms with Crippen molar-refractivity contribution in [2.45, 2.75) is 26.7 Å². The molecule has 0 radical (unpaired) electrons. The van der Waals surface area contributed by atoms with E-state index in [4.69, 9.17) is 4.74 Å². The topological polar surface area (TPSA) is 46.6 Å². The van der Waals surface area contributed by atoms with E-state index in [1.165, 1.54) is 10.5 Å². The van der Waals surface area contributed by atoms with Gasteiger partial charge in [0, 0.05) is 0 Å². The van der Waals surface area contributed by atoms with Crippen molar-refractivity contribution in [3.05, 3.63) is 35.9 Å². The Morgan fingerprint density at radius 3 is 2.48 bits per heavy atom. The predicted octanol–water partition coefficient (Wildman–Crippen LogP) is 2.93. The van der Waals surface area contributed by atoms with Crippen LogP contribution in [0, 0.1) is 11.8 Å². The fourth-order valence-electron chi connectivity index (χ4n) is 3.15. The van der Waals surface area contributed by atoms with Gasteiger partial charge in [0.25, 0.3) is 0 Å². The van der Waals surface area contributed by atoms with Gasteiger partial charge in [0.1, 0.15) is 5.75 Å². The van der Waals surface area contributed by atoms with Gasteiger partial charge in [0.05, 0.1) is 24.1 Å². The summed E-state index contributed by atoms with van der Waals surface area (Å²) in [5.74, 6) is 0.233. The second-order valence-corrected chi connectivity index (χ2v) is 5.64. The first-order valence-electron chi connectivity index (χ1n) is 7.38. The van der Waals surface area contributed by atoms with Gasteiger partial charge in [-0.05, 0) is 51.0 Å². The van der Waals surface area contributed by atoms with E-state index in [1.54, 1.807) is 24.3 Å². The first-order valence-corrected chi connectivity index (χ1v) is 7.38. The van der Waals surface area contributed by atoms with Gasteiger partial charge in [0.2, 0.25) is 11.8 Å². The van der Waals surface area contributed by atoms with Crippen LogP contribution in [-0.2, 0) is 9.59 Å². The Kier molecular flexibility index (Phi) is 3.53. The molecule has 1 aromatic carbocycles. The number of carbonyl (C=O) groups excluding carboxylic acids is 2. The van der Waals surface area contributed by atoms with Gasteiger partial charge >= 0.3 is 0 Å². The Labute approximate surface area is 124 Å². The van der Waals surface area contributed by atoms with Gasteiger partial charge in [-0.2, -0.15) is 0 Å². The minimum absolute atomic E-state index is 0.0680. The lowest BCUT2D eigenvalue weighted by molar-refractivity contribution is -0.122. The standard InChI is InChI=1S/C17H19NO3/c1-3-21-13-7-5-12(6-8-13)18-16(19)14-9-4-11(2)10-15(14)17(18)20/h4-8,14-15H,3,9-10H2,1-2H3. The Morgan fingerprint density at radius 1 is 1.14 bits per heavy atom. The highest BCUT2D eigenvalue weighted by molar-refractivity contribution is 6.22. The average molecular weight is 285 g/mol. The van der Waals surface area contributed by atoms with Gasteiger partial charge in [-0.15, -0.1) is 0 Å². The van der Waals surface area contributed by atoms with Gasteiger partial charge in [0.15, 0.2) is 0 Å². The van der Waals surface area contributed by atoms with Crippen LogP contribution in [0.2, 0.25) is 0 Å². The Balaban J connectivity index is 1.86. The summed E-state index contributed by atoms with van der Waals surface area (Å²) < 4.78 is 5.39. The van der Waals surface area contributed by atoms with E-state index in [0.717, 1.165) is 5.75 Å². The number of amides is 2. The number of hydrogen-bond acceptors (Lipinski definition) is 3. The van der Waals surface area contributed by atoms with Crippen molar-refractivity contribution in [3.63, 3.8) is 0 Å². The molecular formula is C17H19NO3. The SMILES string of the molecule is CCOc1ccc(N2C(=O)C3CC=C(C)CC3C2=O)cc1. The molecule has 0 spiro atoms. The molecule has 4 nitrogen and oxygen atoms in total. The van der Waals surface area contributed by atoms with Crippen molar-refractivity contribution < 1.29 is 14.3 Å². The third kappa shape index (κ3) is 2.35. The Bertz CT molecular complexity index is 603. The van der Waals surface area contributed by atoms with Crippen LogP contribution in [0.1, 0.15) is 26.7 Å². The minimum atomic E-state index is -0.187. The van der Waals surface area contributed by atoms with Crippen LogP contribution in [-0.4, -0.2) is 18.4 Å². The maximum absolute atomic E-state index is 12.6. The van der Waals surface area contributed by atoms with Crippen molar-refractivity contribution in [1.82, 2.24) is 0 Å². The largest absolute Gasteiger partial charge is 0.494 e. The fourth-order valence-corrected chi connectivity index (χ4v) is 3.15. The molecule has 2 aliphatic rings. The number of ether oxygens (including phenoxy) is 1. The summed E-state index contributed by atoms with van der Waals surface area (Å²) in [5.41, 5.74) is 1.84. The van der Waals surface area contributed by atoms with Crippen LogP contribution in [0.5, 0.6) is 5.75 Å². The summed E-state index contributed by atoms with van der Waals surface area (Å²) in [5, 5.41) is 0. The van der Waals surface area contributed by atoms with Crippen LogP contribution in [0.25, 0.3) is 0 Å². The Morgan fingerprint density at radius 2 is 1.81 bits per heavy atom. The molecule has 1 heterocycles. The summed E-state index contributed by atoms with van der Waals surface area (Å²) in [6.45, 7) is 4.53. The number of rotatable bonds is 3. The summed E-state index contributed by atoms with van der Waals surface area (Å²) in [6, 6.07) is 7.15. The van der Waals surface area contributed by atoms with E-state index in [1.807, 2.05) is 13.8 Å². The average Bonchev–Trinajstić information content (AvgIpc) is 2.72. The molecule has 0 N–H and O–H groups in total. The number of anilines is 1. The molecule has 2 amide bonds. The number of nitrogens with zero attached hydrogens (tertiary/aromatic N) is 1. The van der Waals surface area contributed by atoms with Gasteiger partial charge in [-0.3, -0.25) is 14.5 Å². The second-order valence-electron chi connectivity index (χ2n) is 5.64. The lowest BCUT2D eigenvalue weighted by Crippen LogP contribution is -2.30. The van der Waals surface area contributed by atoms with Crippen molar-refractivity contribution in [3.8, 4) is 5.75 Å². The molecule has 21 heavy (non-hydrogen) atoms. The summed E-state index contributed by atoms with van der Waals surface area (Å²) in [7, 11) is 0. The maximum atomic E-state index is 12.6. The molecule has 0 bridgehead atoms. The van der Waals surface area contributed by atoms with E-state index in [-0.39, 0.29) is 23.7 Å². The monoisotopic (exact) mass is 285 g/mol. The molecule has 1 aromatic rings. The predicted molar refractivity (Wildman–Crippen MR) is 80.1 cm³/mol. The molecule has 2 unspecified atom stereocenters. The lowest BCUT2D eigenvalue weighted by Gasteiger charge is -2.18. The number of fused-ring (bicyclic) bond motifs is 1. The minimum Gasteiger partial charge on any atom is -0.494 e. The second kappa shape index (κ2) is 5.35. The van der Waals surface area contributed by atoms with E-state index >= 15 is 0 Å². The van der Waals surface area contributed by atoms with Gasteiger partial charge in [-0.1, -0.05) is 11.6 Å². The fraction of sp³-hybridized carbons (Fsp3) is 0.412. The van der Waals surface area contributed by atoms with E-state index < -0.39 is 0 Å². The summed E-state index contributed by atoms with van der Waals surface area (Å²) >= 11 is 0. The Hall–Kier alpha value is -2.10. The van der Waals surface area contributed by atoms with E-state index in [2.05, 4.69) is 6.08 Å². The zero-order valence-electron chi connectivity index (χ0n) is 12.3. The number of carbonyl (C=O) groups is 2. The van der Waals surface area contributed by atoms with Crippen LogP contribution >= 0.6 is 0 Å². The molecule has 1 aliphatic carbocycles. The van der Waals surface area contributed by atoms with Crippen molar-refractivity contribution in [1.29, 1.82) is 0 Å². The molecule has 0 aromatic heterocycles. The van der Waals surface area contributed by atoms with Gasteiger partial charge < -0.3 is 4.74 Å². The number of benzene rings is 1. The highest BCUT2D eigenvalue weighted by Crippen LogP contribution is 2.39. The van der Waals surface area contributed by atoms with Crippen molar-refractivity contribution >= 4 is 17.5 Å². The third-order valence-electron chi connectivity index (χ3n) is 4.23. The highest BCUT2D eigenvalue weighted by atomic mass is 16.5. The quantitative estimate of drug-likeness (QED) is 0.633. The zero-order chi connectivity index (χ0) is 15.0. The van der Waals surface area contributed by atoms with Crippen LogP contribution in [0.4, 0.5) is 5.69 Å². The number of allylic oxidation sites excluding steroid dienone is 2. The molecule has 0 saturated carbocycles. The molecular weight excluding hydrogens is 266 g/mol. The molecule has 4 heteroatoms.